The molecule has 1 nitrogen and oxygen atoms in total. The van der Waals surface area contributed by atoms with Crippen LogP contribution in [0.2, 0.25) is 0 Å². The molecule has 0 spiro atoms. The minimum Gasteiger partial charge on any atom is -0.485 e. The maximum Gasteiger partial charge on any atom is 0.128 e. The molecule has 1 aliphatic carbocycles. The van der Waals surface area contributed by atoms with Crippen molar-refractivity contribution in [2.45, 2.75) is 25.9 Å². The highest BCUT2D eigenvalue weighted by Crippen LogP contribution is 2.42. The summed E-state index contributed by atoms with van der Waals surface area (Å²) >= 11 is 0. The van der Waals surface area contributed by atoms with Gasteiger partial charge in [-0.1, -0.05) is 35.4 Å². The van der Waals surface area contributed by atoms with Crippen molar-refractivity contribution in [1.82, 2.24) is 0 Å². The van der Waals surface area contributed by atoms with Crippen LogP contribution in [0.15, 0.2) is 42.0 Å². The zero-order valence-electron chi connectivity index (χ0n) is 9.03. The van der Waals surface area contributed by atoms with E-state index in [9.17, 15) is 0 Å². The highest BCUT2D eigenvalue weighted by molar-refractivity contribution is 5.49. The third-order valence-electron chi connectivity index (χ3n) is 3.13. The van der Waals surface area contributed by atoms with E-state index >= 15 is 0 Å². The van der Waals surface area contributed by atoms with Crippen molar-refractivity contribution < 1.29 is 4.74 Å². The molecule has 2 atom stereocenters. The summed E-state index contributed by atoms with van der Waals surface area (Å²) < 4.78 is 5.88. The second-order valence-corrected chi connectivity index (χ2v) is 4.42. The summed E-state index contributed by atoms with van der Waals surface area (Å²) in [5.74, 6) is 1.47. The highest BCUT2D eigenvalue weighted by Gasteiger charge is 2.32. The topological polar surface area (TPSA) is 9.23 Å². The molecule has 0 N–H and O–H groups in total. The first-order valence-corrected chi connectivity index (χ1v) is 5.38. The molecule has 1 aliphatic heterocycles. The van der Waals surface area contributed by atoms with Gasteiger partial charge in [0.1, 0.15) is 11.9 Å². The first-order valence-electron chi connectivity index (χ1n) is 5.38. The molecule has 1 unspecified atom stereocenters. The molecule has 15 heavy (non-hydrogen) atoms. The molecule has 0 bridgehead atoms. The summed E-state index contributed by atoms with van der Waals surface area (Å²) in [6, 6.07) is 6.43. The van der Waals surface area contributed by atoms with Gasteiger partial charge in [0.05, 0.1) is 0 Å². The van der Waals surface area contributed by atoms with Gasteiger partial charge in [0, 0.05) is 11.5 Å². The number of benzene rings is 1. The summed E-state index contributed by atoms with van der Waals surface area (Å²) in [5.41, 5.74) is 3.97. The Labute approximate surface area is 90.1 Å². The lowest BCUT2D eigenvalue weighted by atomic mass is 9.89. The van der Waals surface area contributed by atoms with Crippen LogP contribution in [0.4, 0.5) is 0 Å². The lowest BCUT2D eigenvalue weighted by Gasteiger charge is -2.16. The Kier molecular flexibility index (Phi) is 1.75. The van der Waals surface area contributed by atoms with E-state index in [1.807, 2.05) is 0 Å². The molecule has 3 rings (SSSR count). The molecule has 0 fully saturated rings. The molecular formula is C14H14O. The van der Waals surface area contributed by atoms with Crippen molar-refractivity contribution in [1.29, 1.82) is 0 Å². The third kappa shape index (κ3) is 1.30. The average molecular weight is 198 g/mol. The normalized spacial score (nSPS) is 26.7. The maximum absolute atomic E-state index is 5.88. The predicted octanol–water partition coefficient (Wildman–Crippen LogP) is 3.36. The van der Waals surface area contributed by atoms with Crippen LogP contribution in [0.1, 0.15) is 24.0 Å². The quantitative estimate of drug-likeness (QED) is 0.621. The van der Waals surface area contributed by atoms with E-state index in [2.05, 4.69) is 50.3 Å². The number of rotatable bonds is 0. The maximum atomic E-state index is 5.88. The summed E-state index contributed by atoms with van der Waals surface area (Å²) in [4.78, 5) is 0. The Hall–Kier alpha value is -1.50. The second kappa shape index (κ2) is 2.99. The number of fused-ring (bicyclic) bond motifs is 3. The molecular weight excluding hydrogens is 184 g/mol. The molecule has 1 heteroatoms. The molecule has 76 valence electrons. The zero-order chi connectivity index (χ0) is 10.4. The Morgan fingerprint density at radius 1 is 1.20 bits per heavy atom. The molecule has 0 radical (unpaired) electrons. The largest absolute Gasteiger partial charge is 0.485 e. The minimum atomic E-state index is 0.213. The smallest absolute Gasteiger partial charge is 0.128 e. The van der Waals surface area contributed by atoms with Crippen LogP contribution in [0.3, 0.4) is 0 Å². The van der Waals surface area contributed by atoms with Crippen molar-refractivity contribution in [3.63, 3.8) is 0 Å². The Bertz CT molecular complexity index is 468. The van der Waals surface area contributed by atoms with Gasteiger partial charge < -0.3 is 4.74 Å². The fraction of sp³-hybridized carbons (Fsp3) is 0.286. The van der Waals surface area contributed by atoms with Gasteiger partial charge >= 0.3 is 0 Å². The molecule has 1 aromatic carbocycles. The van der Waals surface area contributed by atoms with Gasteiger partial charge in [-0.05, 0) is 26.0 Å². The molecule has 0 amide bonds. The average Bonchev–Trinajstić information content (AvgIpc) is 2.56. The van der Waals surface area contributed by atoms with Crippen molar-refractivity contribution >= 4 is 0 Å². The third-order valence-corrected chi connectivity index (χ3v) is 3.13. The summed E-state index contributed by atoms with van der Waals surface area (Å²) in [5, 5.41) is 0. The fourth-order valence-electron chi connectivity index (χ4n) is 2.36. The van der Waals surface area contributed by atoms with E-state index in [1.54, 1.807) is 0 Å². The lowest BCUT2D eigenvalue weighted by molar-refractivity contribution is 0.268. The van der Waals surface area contributed by atoms with E-state index in [-0.39, 0.29) is 6.10 Å². The van der Waals surface area contributed by atoms with Gasteiger partial charge in [-0.2, -0.15) is 0 Å². The van der Waals surface area contributed by atoms with Crippen molar-refractivity contribution in [2.24, 2.45) is 0 Å². The number of ether oxygens (including phenoxy) is 1. The monoisotopic (exact) mass is 198 g/mol. The Morgan fingerprint density at radius 3 is 2.93 bits per heavy atom. The highest BCUT2D eigenvalue weighted by atomic mass is 16.5. The Balaban J connectivity index is 2.11. The van der Waals surface area contributed by atoms with Crippen LogP contribution in [0.25, 0.3) is 0 Å². The second-order valence-electron chi connectivity index (χ2n) is 4.42. The van der Waals surface area contributed by atoms with Crippen molar-refractivity contribution in [3.8, 4) is 5.75 Å². The van der Waals surface area contributed by atoms with E-state index < -0.39 is 0 Å². The van der Waals surface area contributed by atoms with Crippen LogP contribution in [-0.2, 0) is 0 Å². The standard InChI is InChI=1S/C14H14O/c1-9-3-5-13-11(7-9)12-8-10(2)4-6-14(12)15-13/h3-8,11,13H,1-2H3/t11?,13-/m0/s1. The number of hydrogen-bond donors (Lipinski definition) is 0. The van der Waals surface area contributed by atoms with Gasteiger partial charge in [-0.25, -0.2) is 0 Å². The number of aryl methyl sites for hydroxylation is 1. The van der Waals surface area contributed by atoms with Crippen LogP contribution in [-0.4, -0.2) is 6.10 Å². The summed E-state index contributed by atoms with van der Waals surface area (Å²) in [6.07, 6.45) is 6.82. The molecule has 0 saturated carbocycles. The van der Waals surface area contributed by atoms with E-state index in [0.29, 0.717) is 5.92 Å². The van der Waals surface area contributed by atoms with Crippen LogP contribution < -0.4 is 4.74 Å². The predicted molar refractivity (Wildman–Crippen MR) is 61.2 cm³/mol. The Morgan fingerprint density at radius 2 is 2.07 bits per heavy atom. The fourth-order valence-corrected chi connectivity index (χ4v) is 2.36. The van der Waals surface area contributed by atoms with Crippen LogP contribution in [0.5, 0.6) is 5.75 Å². The number of hydrogen-bond acceptors (Lipinski definition) is 1. The minimum absolute atomic E-state index is 0.213. The molecule has 0 saturated heterocycles. The van der Waals surface area contributed by atoms with Gasteiger partial charge in [-0.15, -0.1) is 0 Å². The molecule has 1 heterocycles. The van der Waals surface area contributed by atoms with Crippen molar-refractivity contribution in [2.75, 3.05) is 0 Å². The first-order chi connectivity index (χ1) is 7.24. The van der Waals surface area contributed by atoms with Crippen LogP contribution >= 0.6 is 0 Å². The number of allylic oxidation sites excluding steroid dienone is 2. The molecule has 1 aromatic rings. The van der Waals surface area contributed by atoms with Gasteiger partial charge in [-0.3, -0.25) is 0 Å². The van der Waals surface area contributed by atoms with Gasteiger partial charge in [0.15, 0.2) is 0 Å². The zero-order valence-corrected chi connectivity index (χ0v) is 9.03. The van der Waals surface area contributed by atoms with Gasteiger partial charge in [0.25, 0.3) is 0 Å². The van der Waals surface area contributed by atoms with E-state index in [0.717, 1.165) is 5.75 Å². The first kappa shape index (κ1) is 8.78. The van der Waals surface area contributed by atoms with E-state index in [1.165, 1.54) is 16.7 Å². The lowest BCUT2D eigenvalue weighted by Crippen LogP contribution is -2.16. The summed E-state index contributed by atoms with van der Waals surface area (Å²) in [7, 11) is 0. The molecule has 0 aromatic heterocycles. The van der Waals surface area contributed by atoms with Crippen molar-refractivity contribution in [3.05, 3.63) is 53.1 Å². The SMILES string of the molecule is CC1=CC2c3cc(C)ccc3O[C@H]2C=C1. The summed E-state index contributed by atoms with van der Waals surface area (Å²) in [6.45, 7) is 4.27. The molecule has 2 aliphatic rings. The van der Waals surface area contributed by atoms with Crippen LogP contribution in [0, 0.1) is 6.92 Å². The van der Waals surface area contributed by atoms with Gasteiger partial charge in [0.2, 0.25) is 0 Å². The van der Waals surface area contributed by atoms with E-state index in [4.69, 9.17) is 4.74 Å².